The van der Waals surface area contributed by atoms with Gasteiger partial charge >= 0.3 is 0 Å². The fraction of sp³-hybridized carbons (Fsp3) is 0.500. The molecule has 0 bridgehead atoms. The van der Waals surface area contributed by atoms with E-state index in [1.807, 2.05) is 6.07 Å². The molecule has 1 amide bonds. The van der Waals surface area contributed by atoms with Gasteiger partial charge in [-0.05, 0) is 25.0 Å². The van der Waals surface area contributed by atoms with Gasteiger partial charge in [0, 0.05) is 23.8 Å². The number of nitrogens with one attached hydrogen (secondary N) is 1. The largest absolute Gasteiger partial charge is 0.381 e. The molecule has 7 heteroatoms. The van der Waals surface area contributed by atoms with Crippen LogP contribution in [0.3, 0.4) is 0 Å². The zero-order chi connectivity index (χ0) is 16.7. The molecule has 1 atom stereocenters. The summed E-state index contributed by atoms with van der Waals surface area (Å²) in [4.78, 5) is 11.9. The third-order valence-corrected chi connectivity index (χ3v) is 3.90. The highest BCUT2D eigenvalue weighted by Gasteiger charge is 2.21. The third kappa shape index (κ3) is 5.17. The van der Waals surface area contributed by atoms with E-state index in [2.05, 4.69) is 5.32 Å². The van der Waals surface area contributed by atoms with E-state index in [1.165, 1.54) is 18.2 Å². The topological polar surface area (TPSA) is 71.4 Å². The highest BCUT2D eigenvalue weighted by atomic mass is 35.5. The number of ether oxygens (including phenoxy) is 2. The zero-order valence-electron chi connectivity index (χ0n) is 12.6. The first-order valence-corrected chi connectivity index (χ1v) is 7.82. The van der Waals surface area contributed by atoms with E-state index in [0.29, 0.717) is 13.2 Å². The fourth-order valence-electron chi connectivity index (χ4n) is 2.35. The fourth-order valence-corrected chi connectivity index (χ4v) is 2.62. The van der Waals surface area contributed by atoms with Crippen molar-refractivity contribution in [2.45, 2.75) is 31.4 Å². The van der Waals surface area contributed by atoms with Crippen LogP contribution in [0.25, 0.3) is 0 Å². The number of rotatable bonds is 6. The SMILES string of the molecule is N#C[C@H](NC(=O)CCOC1CCOCC1)c1c(F)cccc1Cl. The Morgan fingerprint density at radius 3 is 2.91 bits per heavy atom. The Labute approximate surface area is 139 Å². The van der Waals surface area contributed by atoms with E-state index in [4.69, 9.17) is 21.1 Å². The summed E-state index contributed by atoms with van der Waals surface area (Å²) in [6, 6.07) is 4.85. The Hall–Kier alpha value is -1.68. The minimum absolute atomic E-state index is 0.0182. The predicted octanol–water partition coefficient (Wildman–Crippen LogP) is 2.75. The van der Waals surface area contributed by atoms with Gasteiger partial charge in [-0.15, -0.1) is 0 Å². The highest BCUT2D eigenvalue weighted by molar-refractivity contribution is 6.31. The quantitative estimate of drug-likeness (QED) is 0.864. The third-order valence-electron chi connectivity index (χ3n) is 3.57. The number of carbonyl (C=O) groups is 1. The highest BCUT2D eigenvalue weighted by Crippen LogP contribution is 2.25. The van der Waals surface area contributed by atoms with Gasteiger partial charge in [-0.1, -0.05) is 17.7 Å². The van der Waals surface area contributed by atoms with Crippen LogP contribution in [0.4, 0.5) is 4.39 Å². The van der Waals surface area contributed by atoms with Crippen molar-refractivity contribution in [3.63, 3.8) is 0 Å². The molecule has 1 N–H and O–H groups in total. The monoisotopic (exact) mass is 340 g/mol. The number of amides is 1. The number of carbonyl (C=O) groups excluding carboxylic acids is 1. The Kier molecular flexibility index (Phi) is 6.78. The van der Waals surface area contributed by atoms with Crippen molar-refractivity contribution in [2.24, 2.45) is 0 Å². The summed E-state index contributed by atoms with van der Waals surface area (Å²) in [5.41, 5.74) is -0.0182. The van der Waals surface area contributed by atoms with Crippen LogP contribution in [0.2, 0.25) is 5.02 Å². The van der Waals surface area contributed by atoms with E-state index >= 15 is 0 Å². The van der Waals surface area contributed by atoms with Crippen molar-refractivity contribution >= 4 is 17.5 Å². The van der Waals surface area contributed by atoms with Crippen LogP contribution in [-0.2, 0) is 14.3 Å². The second-order valence-electron chi connectivity index (χ2n) is 5.20. The van der Waals surface area contributed by atoms with Gasteiger partial charge in [0.2, 0.25) is 5.91 Å². The number of nitriles is 1. The summed E-state index contributed by atoms with van der Waals surface area (Å²) < 4.78 is 24.6. The minimum Gasteiger partial charge on any atom is -0.381 e. The molecule has 1 heterocycles. The van der Waals surface area contributed by atoms with Gasteiger partial charge in [0.05, 0.1) is 25.2 Å². The summed E-state index contributed by atoms with van der Waals surface area (Å²) in [6.07, 6.45) is 1.83. The predicted molar refractivity (Wildman–Crippen MR) is 82.3 cm³/mol. The smallest absolute Gasteiger partial charge is 0.223 e. The summed E-state index contributed by atoms with van der Waals surface area (Å²) >= 11 is 5.91. The molecule has 5 nitrogen and oxygen atoms in total. The van der Waals surface area contributed by atoms with E-state index in [9.17, 15) is 14.4 Å². The number of halogens is 2. The number of benzene rings is 1. The molecule has 1 aliphatic heterocycles. The normalized spacial score (nSPS) is 16.6. The average molecular weight is 341 g/mol. The van der Waals surface area contributed by atoms with Gasteiger partial charge in [-0.3, -0.25) is 4.79 Å². The van der Waals surface area contributed by atoms with Crippen LogP contribution < -0.4 is 5.32 Å². The zero-order valence-corrected chi connectivity index (χ0v) is 13.3. The maximum atomic E-state index is 13.8. The molecule has 1 aromatic carbocycles. The summed E-state index contributed by atoms with van der Waals surface area (Å²) in [7, 11) is 0. The molecular formula is C16H18ClFN2O3. The molecule has 0 radical (unpaired) electrons. The lowest BCUT2D eigenvalue weighted by Gasteiger charge is -2.22. The number of nitrogens with zero attached hydrogens (tertiary/aromatic N) is 1. The van der Waals surface area contributed by atoms with Crippen molar-refractivity contribution in [1.29, 1.82) is 5.26 Å². The molecular weight excluding hydrogens is 323 g/mol. The first-order valence-electron chi connectivity index (χ1n) is 7.44. The first-order chi connectivity index (χ1) is 11.1. The Morgan fingerprint density at radius 1 is 1.52 bits per heavy atom. The van der Waals surface area contributed by atoms with Gasteiger partial charge < -0.3 is 14.8 Å². The van der Waals surface area contributed by atoms with Crippen molar-refractivity contribution in [3.8, 4) is 6.07 Å². The lowest BCUT2D eigenvalue weighted by molar-refractivity contribution is -0.123. The second kappa shape index (κ2) is 8.82. The van der Waals surface area contributed by atoms with Crippen LogP contribution in [-0.4, -0.2) is 31.8 Å². The lowest BCUT2D eigenvalue weighted by atomic mass is 10.1. The van der Waals surface area contributed by atoms with E-state index < -0.39 is 11.9 Å². The Balaban J connectivity index is 1.84. The molecule has 0 aliphatic carbocycles. The Bertz CT molecular complexity index is 565. The van der Waals surface area contributed by atoms with Crippen LogP contribution in [0.5, 0.6) is 0 Å². The molecule has 124 valence electrons. The van der Waals surface area contributed by atoms with Gasteiger partial charge in [-0.25, -0.2) is 4.39 Å². The molecule has 0 unspecified atom stereocenters. The summed E-state index contributed by atoms with van der Waals surface area (Å²) in [6.45, 7) is 1.58. The van der Waals surface area contributed by atoms with Gasteiger partial charge in [0.25, 0.3) is 0 Å². The van der Waals surface area contributed by atoms with Crippen molar-refractivity contribution < 1.29 is 18.7 Å². The lowest BCUT2D eigenvalue weighted by Crippen LogP contribution is -2.30. The van der Waals surface area contributed by atoms with E-state index in [-0.39, 0.29) is 35.6 Å². The second-order valence-corrected chi connectivity index (χ2v) is 5.60. The molecule has 1 fully saturated rings. The van der Waals surface area contributed by atoms with Crippen LogP contribution in [0.15, 0.2) is 18.2 Å². The molecule has 1 saturated heterocycles. The van der Waals surface area contributed by atoms with Crippen LogP contribution in [0, 0.1) is 17.1 Å². The van der Waals surface area contributed by atoms with Gasteiger partial charge in [0.1, 0.15) is 11.9 Å². The van der Waals surface area contributed by atoms with Crippen molar-refractivity contribution in [3.05, 3.63) is 34.6 Å². The average Bonchev–Trinajstić information content (AvgIpc) is 2.54. The molecule has 1 aromatic rings. The maximum absolute atomic E-state index is 13.8. The molecule has 1 aliphatic rings. The number of hydrogen-bond acceptors (Lipinski definition) is 4. The Morgan fingerprint density at radius 2 is 2.26 bits per heavy atom. The van der Waals surface area contributed by atoms with Crippen LogP contribution >= 0.6 is 11.6 Å². The van der Waals surface area contributed by atoms with Crippen molar-refractivity contribution in [2.75, 3.05) is 19.8 Å². The maximum Gasteiger partial charge on any atom is 0.223 e. The first kappa shape index (κ1) is 17.7. The van der Waals surface area contributed by atoms with Crippen LogP contribution in [0.1, 0.15) is 30.9 Å². The van der Waals surface area contributed by atoms with Crippen molar-refractivity contribution in [1.82, 2.24) is 5.32 Å². The van der Waals surface area contributed by atoms with E-state index in [0.717, 1.165) is 12.8 Å². The minimum atomic E-state index is -1.13. The standard InChI is InChI=1S/C16H18ClFN2O3/c17-12-2-1-3-13(18)16(12)14(10-19)20-15(21)6-9-23-11-4-7-22-8-5-11/h1-3,11,14H,4-9H2,(H,20,21)/t14-/m0/s1. The summed E-state index contributed by atoms with van der Waals surface area (Å²) in [5.74, 6) is -1.01. The molecule has 0 saturated carbocycles. The molecule has 2 rings (SSSR count). The molecule has 0 aromatic heterocycles. The van der Waals surface area contributed by atoms with Gasteiger partial charge in [-0.2, -0.15) is 5.26 Å². The van der Waals surface area contributed by atoms with E-state index in [1.54, 1.807) is 0 Å². The molecule has 0 spiro atoms. The summed E-state index contributed by atoms with van der Waals surface area (Å²) in [5, 5.41) is 11.8. The van der Waals surface area contributed by atoms with Gasteiger partial charge in [0.15, 0.2) is 0 Å². The molecule has 23 heavy (non-hydrogen) atoms. The number of hydrogen-bond donors (Lipinski definition) is 1.